The van der Waals surface area contributed by atoms with Crippen LogP contribution in [-0.4, -0.2) is 34.7 Å². The Morgan fingerprint density at radius 1 is 1.00 bits per heavy atom. The van der Waals surface area contributed by atoms with E-state index in [1.165, 1.54) is 0 Å². The van der Waals surface area contributed by atoms with Crippen LogP contribution in [-0.2, 0) is 13.0 Å². The summed E-state index contributed by atoms with van der Waals surface area (Å²) in [7, 11) is 0. The highest BCUT2D eigenvalue weighted by molar-refractivity contribution is 5.77. The van der Waals surface area contributed by atoms with Crippen molar-refractivity contribution in [3.63, 3.8) is 0 Å². The van der Waals surface area contributed by atoms with Crippen molar-refractivity contribution < 1.29 is 0 Å². The van der Waals surface area contributed by atoms with Crippen LogP contribution in [0, 0.1) is 6.92 Å². The van der Waals surface area contributed by atoms with Crippen LogP contribution in [0.5, 0.6) is 0 Å². The summed E-state index contributed by atoms with van der Waals surface area (Å²) in [5.74, 6) is 0.569. The third kappa shape index (κ3) is 4.65. The number of H-pyrrole nitrogens is 1. The summed E-state index contributed by atoms with van der Waals surface area (Å²) in [5, 5.41) is 14.2. The van der Waals surface area contributed by atoms with Gasteiger partial charge in [0.25, 0.3) is 0 Å². The standard InChI is InChI=1S/C25H31N7O/c1-4-6-8-17-31-18(3)22(11-7-5-2)32(25(31)33)20-14-12-19(13-15-20)23-21(10-9-16-26-23)24-27-29-30-28-24/h9-10,12-16H,4-8,11,17H2,1-3H3,(H,27,28,29,30). The first kappa shape index (κ1) is 22.6. The lowest BCUT2D eigenvalue weighted by Crippen LogP contribution is -2.24. The Bertz CT molecular complexity index is 1240. The van der Waals surface area contributed by atoms with Gasteiger partial charge in [-0.05, 0) is 60.9 Å². The maximum Gasteiger partial charge on any atom is 0.333 e. The summed E-state index contributed by atoms with van der Waals surface area (Å²) in [4.78, 5) is 18.0. The molecule has 0 saturated heterocycles. The number of rotatable bonds is 10. The second-order valence-corrected chi connectivity index (χ2v) is 8.31. The Labute approximate surface area is 193 Å². The van der Waals surface area contributed by atoms with Crippen molar-refractivity contribution in [2.45, 2.75) is 65.8 Å². The molecule has 1 aromatic carbocycles. The Morgan fingerprint density at radius 2 is 1.79 bits per heavy atom. The summed E-state index contributed by atoms with van der Waals surface area (Å²) in [6.45, 7) is 7.21. The first-order chi connectivity index (χ1) is 16.2. The van der Waals surface area contributed by atoms with Gasteiger partial charge < -0.3 is 0 Å². The molecule has 8 nitrogen and oxygen atoms in total. The number of nitrogens with one attached hydrogen (secondary N) is 1. The van der Waals surface area contributed by atoms with Crippen LogP contribution in [0.2, 0.25) is 0 Å². The predicted molar refractivity (Wildman–Crippen MR) is 129 cm³/mol. The van der Waals surface area contributed by atoms with Crippen molar-refractivity contribution in [2.24, 2.45) is 0 Å². The fourth-order valence-corrected chi connectivity index (χ4v) is 4.25. The second kappa shape index (κ2) is 10.4. The van der Waals surface area contributed by atoms with E-state index in [0.29, 0.717) is 5.82 Å². The van der Waals surface area contributed by atoms with Gasteiger partial charge in [0.15, 0.2) is 5.82 Å². The summed E-state index contributed by atoms with van der Waals surface area (Å²) in [5.41, 5.74) is 5.67. The van der Waals surface area contributed by atoms with Gasteiger partial charge >= 0.3 is 5.69 Å². The van der Waals surface area contributed by atoms with Gasteiger partial charge in [-0.25, -0.2) is 9.89 Å². The summed E-state index contributed by atoms with van der Waals surface area (Å²) < 4.78 is 3.84. The van der Waals surface area contributed by atoms with E-state index in [-0.39, 0.29) is 5.69 Å². The number of aromatic amines is 1. The minimum atomic E-state index is 0.0497. The number of imidazole rings is 1. The average molecular weight is 446 g/mol. The minimum absolute atomic E-state index is 0.0497. The van der Waals surface area contributed by atoms with Crippen LogP contribution in [0.4, 0.5) is 0 Å². The molecule has 0 unspecified atom stereocenters. The van der Waals surface area contributed by atoms with Crippen LogP contribution in [0.3, 0.4) is 0 Å². The third-order valence-electron chi connectivity index (χ3n) is 6.07. The van der Waals surface area contributed by atoms with E-state index in [2.05, 4.69) is 46.4 Å². The molecule has 1 N–H and O–H groups in total. The molecule has 0 aliphatic carbocycles. The molecule has 0 spiro atoms. The van der Waals surface area contributed by atoms with Gasteiger partial charge in [0.05, 0.1) is 11.4 Å². The molecule has 0 aliphatic heterocycles. The molecule has 0 fully saturated rings. The Balaban J connectivity index is 1.73. The number of aromatic nitrogens is 7. The number of hydrogen-bond acceptors (Lipinski definition) is 5. The first-order valence-corrected chi connectivity index (χ1v) is 11.8. The lowest BCUT2D eigenvalue weighted by molar-refractivity contribution is 0.575. The largest absolute Gasteiger partial charge is 0.333 e. The number of tetrazole rings is 1. The first-order valence-electron chi connectivity index (χ1n) is 11.8. The summed E-state index contributed by atoms with van der Waals surface area (Å²) in [6, 6.07) is 11.8. The fourth-order valence-electron chi connectivity index (χ4n) is 4.25. The highest BCUT2D eigenvalue weighted by Crippen LogP contribution is 2.28. The fraction of sp³-hybridized carbons (Fsp3) is 0.400. The predicted octanol–water partition coefficient (Wildman–Crippen LogP) is 4.72. The highest BCUT2D eigenvalue weighted by Gasteiger charge is 2.18. The Morgan fingerprint density at radius 3 is 2.48 bits per heavy atom. The van der Waals surface area contributed by atoms with E-state index in [0.717, 1.165) is 79.0 Å². The highest BCUT2D eigenvalue weighted by atomic mass is 16.1. The van der Waals surface area contributed by atoms with E-state index < -0.39 is 0 Å². The van der Waals surface area contributed by atoms with Gasteiger partial charge in [0.1, 0.15) is 0 Å². The van der Waals surface area contributed by atoms with Gasteiger partial charge in [-0.2, -0.15) is 0 Å². The van der Waals surface area contributed by atoms with E-state index in [9.17, 15) is 4.79 Å². The molecule has 3 aromatic heterocycles. The maximum atomic E-state index is 13.4. The topological polar surface area (TPSA) is 94.3 Å². The average Bonchev–Trinajstić information content (AvgIpc) is 3.46. The molecule has 0 amide bonds. The minimum Gasteiger partial charge on any atom is -0.296 e. The van der Waals surface area contributed by atoms with Crippen molar-refractivity contribution in [3.8, 4) is 28.3 Å². The van der Waals surface area contributed by atoms with Crippen LogP contribution in [0.25, 0.3) is 28.3 Å². The number of benzene rings is 1. The molecule has 0 aliphatic rings. The smallest absolute Gasteiger partial charge is 0.296 e. The van der Waals surface area contributed by atoms with Gasteiger partial charge in [0, 0.05) is 35.3 Å². The SMILES string of the molecule is CCCCCn1c(C)c(CCCC)n(-c2ccc(-c3ncccc3-c3nnn[nH]3)cc2)c1=O. The van der Waals surface area contributed by atoms with Crippen molar-refractivity contribution in [2.75, 3.05) is 0 Å². The zero-order valence-corrected chi connectivity index (χ0v) is 19.6. The molecule has 8 heteroatoms. The number of nitrogens with zero attached hydrogens (tertiary/aromatic N) is 6. The van der Waals surface area contributed by atoms with Gasteiger partial charge in [-0.15, -0.1) is 5.10 Å². The molecule has 172 valence electrons. The molecule has 0 bridgehead atoms. The quantitative estimate of drug-likeness (QED) is 0.356. The second-order valence-electron chi connectivity index (χ2n) is 8.31. The molecule has 4 rings (SSSR count). The van der Waals surface area contributed by atoms with E-state index in [1.807, 2.05) is 45.5 Å². The molecule has 33 heavy (non-hydrogen) atoms. The summed E-state index contributed by atoms with van der Waals surface area (Å²) in [6.07, 6.45) is 8.08. The number of pyridine rings is 1. The number of unbranched alkanes of at least 4 members (excludes halogenated alkanes) is 3. The zero-order valence-electron chi connectivity index (χ0n) is 19.6. The van der Waals surface area contributed by atoms with Crippen LogP contribution < -0.4 is 5.69 Å². The van der Waals surface area contributed by atoms with Crippen molar-refractivity contribution >= 4 is 0 Å². The van der Waals surface area contributed by atoms with Crippen LogP contribution in [0.15, 0.2) is 47.4 Å². The molecule has 0 saturated carbocycles. The van der Waals surface area contributed by atoms with Crippen molar-refractivity contribution in [3.05, 3.63) is 64.5 Å². The van der Waals surface area contributed by atoms with Gasteiger partial charge in [-0.1, -0.05) is 45.2 Å². The van der Waals surface area contributed by atoms with Gasteiger partial charge in [0.2, 0.25) is 0 Å². The monoisotopic (exact) mass is 445 g/mol. The Hall–Kier alpha value is -3.55. The lowest BCUT2D eigenvalue weighted by Gasteiger charge is -2.10. The molecular weight excluding hydrogens is 414 g/mol. The molecule has 0 atom stereocenters. The normalized spacial score (nSPS) is 11.2. The van der Waals surface area contributed by atoms with Crippen molar-refractivity contribution in [1.29, 1.82) is 0 Å². The van der Waals surface area contributed by atoms with Crippen LogP contribution in [0.1, 0.15) is 57.3 Å². The molecule has 3 heterocycles. The molecule has 0 radical (unpaired) electrons. The van der Waals surface area contributed by atoms with E-state index >= 15 is 0 Å². The van der Waals surface area contributed by atoms with Crippen molar-refractivity contribution in [1.82, 2.24) is 34.7 Å². The van der Waals surface area contributed by atoms with Crippen LogP contribution >= 0.6 is 0 Å². The molecule has 4 aromatic rings. The maximum absolute atomic E-state index is 13.4. The molecular formula is C25H31N7O. The lowest BCUT2D eigenvalue weighted by atomic mass is 10.0. The summed E-state index contributed by atoms with van der Waals surface area (Å²) >= 11 is 0. The van der Waals surface area contributed by atoms with E-state index in [1.54, 1.807) is 6.20 Å². The van der Waals surface area contributed by atoms with E-state index in [4.69, 9.17) is 0 Å². The Kier molecular flexibility index (Phi) is 7.12. The number of hydrogen-bond donors (Lipinski definition) is 1. The third-order valence-corrected chi connectivity index (χ3v) is 6.07. The van der Waals surface area contributed by atoms with Gasteiger partial charge in [-0.3, -0.25) is 14.1 Å². The zero-order chi connectivity index (χ0) is 23.2.